The third kappa shape index (κ3) is 12.2. The Morgan fingerprint density at radius 2 is 1.55 bits per heavy atom. The first kappa shape index (κ1) is 35.4. The van der Waals surface area contributed by atoms with Crippen LogP contribution in [0.25, 0.3) is 10.8 Å². The SMILES string of the molecule is CBOC(=O)C(CCC(=O)OP)NC(=O)NC(CCCCNC(=O)C(Cc1ccc2ccccc2c1)NP)C(=O)OP. The molecule has 0 saturated carbocycles. The van der Waals surface area contributed by atoms with Crippen molar-refractivity contribution >= 4 is 76.4 Å². The van der Waals surface area contributed by atoms with Gasteiger partial charge >= 0.3 is 31.4 Å². The maximum absolute atomic E-state index is 12.8. The fourth-order valence-electron chi connectivity index (χ4n) is 4.14. The molecule has 228 valence electrons. The van der Waals surface area contributed by atoms with Crippen LogP contribution >= 0.6 is 28.3 Å². The molecule has 0 aliphatic rings. The van der Waals surface area contributed by atoms with E-state index in [0.29, 0.717) is 25.8 Å². The van der Waals surface area contributed by atoms with E-state index in [1.54, 1.807) is 6.82 Å². The second kappa shape index (κ2) is 19.4. The summed E-state index contributed by atoms with van der Waals surface area (Å²) in [5.41, 5.74) is 1.03. The number of hydrogen-bond donors (Lipinski definition) is 4. The average molecular weight is 638 g/mol. The summed E-state index contributed by atoms with van der Waals surface area (Å²) in [6, 6.07) is 10.8. The predicted octanol–water partition coefficient (Wildman–Crippen LogP) is 1.84. The lowest BCUT2D eigenvalue weighted by atomic mass is 10.0. The van der Waals surface area contributed by atoms with E-state index >= 15 is 0 Å². The maximum atomic E-state index is 12.8. The monoisotopic (exact) mass is 638 g/mol. The van der Waals surface area contributed by atoms with Crippen LogP contribution in [0, 0.1) is 0 Å². The van der Waals surface area contributed by atoms with Crippen LogP contribution in [0.15, 0.2) is 42.5 Å². The maximum Gasteiger partial charge on any atom is 0.340 e. The second-order valence-corrected chi connectivity index (χ2v) is 10.1. The van der Waals surface area contributed by atoms with Gasteiger partial charge in [-0.05, 0) is 48.4 Å². The quantitative estimate of drug-likeness (QED) is 0.115. The van der Waals surface area contributed by atoms with E-state index in [1.807, 2.05) is 55.3 Å². The molecule has 2 aromatic carbocycles. The zero-order valence-electron chi connectivity index (χ0n) is 23.4. The number of carbonyl (C=O) groups is 5. The molecule has 2 aromatic rings. The van der Waals surface area contributed by atoms with Crippen molar-refractivity contribution in [2.75, 3.05) is 6.54 Å². The highest BCUT2D eigenvalue weighted by molar-refractivity contribution is 7.13. The van der Waals surface area contributed by atoms with Crippen LogP contribution in [0.1, 0.15) is 37.7 Å². The van der Waals surface area contributed by atoms with Crippen LogP contribution in [0.2, 0.25) is 6.82 Å². The Labute approximate surface area is 253 Å². The third-order valence-electron chi connectivity index (χ3n) is 6.34. The van der Waals surface area contributed by atoms with Gasteiger partial charge in [0.2, 0.25) is 5.91 Å². The number of carbonyl (C=O) groups excluding carboxylic acids is 5. The van der Waals surface area contributed by atoms with E-state index in [0.717, 1.165) is 16.3 Å². The standard InChI is InChI=1S/C26H38BN4O8P3/c1-27-37-24(34)20(11-12-22(32)38-41)30-26(36)29-19(25(35)39-42)8-4-5-13-28-23(33)21(31-40)15-16-9-10-17-6-2-3-7-18(17)14-16/h2-3,6-7,9-10,14,19-21,27,31H,4-5,8,11-13,15,40-42H2,1H3,(H,28,33)(H2,29,30,36). The van der Waals surface area contributed by atoms with Crippen LogP contribution in [-0.4, -0.2) is 62.0 Å². The number of fused-ring (bicyclic) bond motifs is 1. The Morgan fingerprint density at radius 3 is 2.19 bits per heavy atom. The molecule has 0 heterocycles. The summed E-state index contributed by atoms with van der Waals surface area (Å²) in [6.07, 6.45) is 1.57. The Morgan fingerprint density at radius 1 is 0.857 bits per heavy atom. The first-order valence-electron chi connectivity index (χ1n) is 13.5. The van der Waals surface area contributed by atoms with Crippen molar-refractivity contribution in [1.29, 1.82) is 0 Å². The van der Waals surface area contributed by atoms with E-state index < -0.39 is 42.1 Å². The largest absolute Gasteiger partial charge is 0.539 e. The molecule has 6 atom stereocenters. The summed E-state index contributed by atoms with van der Waals surface area (Å²) in [5.74, 6) is -2.15. The molecule has 0 spiro atoms. The van der Waals surface area contributed by atoms with Gasteiger partial charge in [-0.25, -0.2) is 9.59 Å². The number of rotatable bonds is 17. The van der Waals surface area contributed by atoms with Crippen LogP contribution in [-0.2, 0) is 39.3 Å². The Balaban J connectivity index is 1.83. The molecular formula is C26H38BN4O8P3. The summed E-state index contributed by atoms with van der Waals surface area (Å²) >= 11 is 0. The molecule has 4 N–H and O–H groups in total. The Kier molecular flexibility index (Phi) is 16.3. The topological polar surface area (TPSA) is 161 Å². The molecule has 0 aromatic heterocycles. The van der Waals surface area contributed by atoms with Crippen molar-refractivity contribution in [3.63, 3.8) is 0 Å². The minimum absolute atomic E-state index is 0.0507. The molecule has 0 bridgehead atoms. The lowest BCUT2D eigenvalue weighted by Crippen LogP contribution is -2.51. The number of nitrogens with one attached hydrogen (secondary N) is 4. The van der Waals surface area contributed by atoms with Crippen LogP contribution in [0.5, 0.6) is 0 Å². The molecule has 0 aliphatic heterocycles. The van der Waals surface area contributed by atoms with Gasteiger partial charge < -0.3 is 29.7 Å². The van der Waals surface area contributed by atoms with Crippen molar-refractivity contribution in [2.24, 2.45) is 0 Å². The minimum atomic E-state index is -1.12. The van der Waals surface area contributed by atoms with Gasteiger partial charge in [0.15, 0.2) is 0 Å². The zero-order chi connectivity index (χ0) is 30.9. The number of hydrogen-bond acceptors (Lipinski definition) is 9. The summed E-state index contributed by atoms with van der Waals surface area (Å²) in [6.45, 7) is 1.98. The second-order valence-electron chi connectivity index (χ2n) is 9.33. The number of amides is 3. The molecule has 0 fully saturated rings. The van der Waals surface area contributed by atoms with E-state index in [9.17, 15) is 24.0 Å². The molecule has 3 amide bonds. The van der Waals surface area contributed by atoms with Gasteiger partial charge in [0.05, 0.1) is 25.0 Å². The van der Waals surface area contributed by atoms with Gasteiger partial charge in [0.25, 0.3) is 0 Å². The van der Waals surface area contributed by atoms with E-state index in [2.05, 4.69) is 41.0 Å². The molecular weight excluding hydrogens is 600 g/mol. The van der Waals surface area contributed by atoms with Gasteiger partial charge in [0, 0.05) is 13.0 Å². The molecule has 6 unspecified atom stereocenters. The molecule has 42 heavy (non-hydrogen) atoms. The highest BCUT2D eigenvalue weighted by Crippen LogP contribution is 2.17. The fraction of sp³-hybridized carbons (Fsp3) is 0.423. The molecule has 12 nitrogen and oxygen atoms in total. The normalized spacial score (nSPS) is 12.8. The van der Waals surface area contributed by atoms with E-state index in [4.69, 9.17) is 9.18 Å². The van der Waals surface area contributed by atoms with E-state index in [-0.39, 0.29) is 32.7 Å². The van der Waals surface area contributed by atoms with Gasteiger partial charge in [-0.15, -0.1) is 0 Å². The van der Waals surface area contributed by atoms with Crippen molar-refractivity contribution < 1.29 is 37.7 Å². The molecule has 16 heteroatoms. The highest BCUT2D eigenvalue weighted by Gasteiger charge is 2.26. The molecule has 2 rings (SSSR count). The molecule has 0 saturated heterocycles. The average Bonchev–Trinajstić information content (AvgIpc) is 3.00. The first-order chi connectivity index (χ1) is 20.2. The van der Waals surface area contributed by atoms with Gasteiger partial charge in [-0.1, -0.05) is 58.7 Å². The lowest BCUT2D eigenvalue weighted by Gasteiger charge is -2.21. The summed E-state index contributed by atoms with van der Waals surface area (Å²) in [7, 11) is 6.14. The summed E-state index contributed by atoms with van der Waals surface area (Å²) in [5, 5.41) is 13.1. The minimum Gasteiger partial charge on any atom is -0.539 e. The van der Waals surface area contributed by atoms with Gasteiger partial charge in [0.1, 0.15) is 12.1 Å². The number of benzene rings is 2. The van der Waals surface area contributed by atoms with Crippen molar-refractivity contribution in [3.8, 4) is 0 Å². The number of unbranched alkanes of at least 4 members (excludes halogenated alkanes) is 1. The predicted molar refractivity (Wildman–Crippen MR) is 170 cm³/mol. The highest BCUT2D eigenvalue weighted by atomic mass is 31.0. The zero-order valence-corrected chi connectivity index (χ0v) is 26.9. The van der Waals surface area contributed by atoms with Crippen LogP contribution in [0.3, 0.4) is 0 Å². The Hall–Kier alpha value is -2.84. The summed E-state index contributed by atoms with van der Waals surface area (Å²) < 4.78 is 14.2. The lowest BCUT2D eigenvalue weighted by molar-refractivity contribution is -0.137. The smallest absolute Gasteiger partial charge is 0.340 e. The number of urea groups is 1. The molecule has 0 aliphatic carbocycles. The summed E-state index contributed by atoms with van der Waals surface area (Å²) in [4.78, 5) is 61.3. The molecule has 0 radical (unpaired) electrons. The third-order valence-corrected chi connectivity index (χ3v) is 7.24. The van der Waals surface area contributed by atoms with Crippen molar-refractivity contribution in [1.82, 2.24) is 21.0 Å². The van der Waals surface area contributed by atoms with Crippen LogP contribution in [0.4, 0.5) is 4.79 Å². The van der Waals surface area contributed by atoms with Gasteiger partial charge in [-0.3, -0.25) is 19.5 Å². The van der Waals surface area contributed by atoms with Crippen molar-refractivity contribution in [3.05, 3.63) is 48.0 Å². The van der Waals surface area contributed by atoms with E-state index in [1.165, 1.54) is 0 Å². The van der Waals surface area contributed by atoms with Crippen molar-refractivity contribution in [2.45, 2.75) is 63.5 Å². The first-order valence-corrected chi connectivity index (χ1v) is 15.0. The fourth-order valence-corrected chi connectivity index (χ4v) is 4.69. The van der Waals surface area contributed by atoms with Gasteiger partial charge in [-0.2, -0.15) is 0 Å². The van der Waals surface area contributed by atoms with Crippen LogP contribution < -0.4 is 21.0 Å². The Bertz CT molecular complexity index is 1230.